The van der Waals surface area contributed by atoms with Gasteiger partial charge in [0, 0.05) is 30.6 Å². The van der Waals surface area contributed by atoms with E-state index in [4.69, 9.17) is 0 Å². The molecule has 0 rings (SSSR count). The summed E-state index contributed by atoms with van der Waals surface area (Å²) in [6.07, 6.45) is 8.64. The molecule has 0 heterocycles. The van der Waals surface area contributed by atoms with Crippen molar-refractivity contribution in [3.63, 3.8) is 0 Å². The largest absolute Gasteiger partial charge is 0.453 e. The fraction of sp³-hybridized carbons (Fsp3) is 0.913. The molecule has 0 fully saturated rings. The van der Waals surface area contributed by atoms with E-state index in [-0.39, 0.29) is 23.1 Å². The Kier molecular flexibility index (Phi) is 15.6. The molecule has 1 unspecified atom stereocenters. The van der Waals surface area contributed by atoms with Gasteiger partial charge in [0.05, 0.1) is 7.11 Å². The number of unbranched alkanes of at least 4 members (excludes halogenated alkanes) is 1. The molecular formula is C23H48N4O3. The van der Waals surface area contributed by atoms with Crippen LogP contribution in [0.2, 0.25) is 0 Å². The van der Waals surface area contributed by atoms with Crippen molar-refractivity contribution in [3.05, 3.63) is 0 Å². The number of carbonyl (C=O) groups is 2. The number of alkyl carbamates (subject to hydrolysis) is 1. The van der Waals surface area contributed by atoms with Gasteiger partial charge in [0.15, 0.2) is 0 Å². The van der Waals surface area contributed by atoms with Crippen molar-refractivity contribution < 1.29 is 14.3 Å². The highest BCUT2D eigenvalue weighted by Gasteiger charge is 2.21. The van der Waals surface area contributed by atoms with E-state index in [1.54, 1.807) is 0 Å². The lowest BCUT2D eigenvalue weighted by molar-refractivity contribution is -0.121. The Morgan fingerprint density at radius 1 is 0.800 bits per heavy atom. The minimum atomic E-state index is -0.373. The normalized spacial score (nSPS) is 13.5. The number of carbonyl (C=O) groups excluding carboxylic acids is 2. The van der Waals surface area contributed by atoms with Crippen LogP contribution in [0, 0.1) is 0 Å². The molecule has 0 aromatic rings. The lowest BCUT2D eigenvalue weighted by atomic mass is 9.92. The number of methoxy groups -OCH3 is 1. The zero-order valence-corrected chi connectivity index (χ0v) is 20.4. The van der Waals surface area contributed by atoms with Crippen LogP contribution >= 0.6 is 0 Å². The molecule has 1 atom stereocenters. The zero-order chi connectivity index (χ0) is 22.9. The van der Waals surface area contributed by atoms with E-state index in [2.05, 4.69) is 53.7 Å². The standard InChI is InChI=1S/C23H48N4O3/c1-7-13-20(28)24-16-11-15-23(5,8-2)27-18-10-9-14-22(3,4)26-19-12-17-25-21(29)30-6/h26-27H,7-19H2,1-6H3,(H,24,28)(H,25,29). The summed E-state index contributed by atoms with van der Waals surface area (Å²) in [7, 11) is 1.38. The van der Waals surface area contributed by atoms with Crippen molar-refractivity contribution in [3.8, 4) is 0 Å². The van der Waals surface area contributed by atoms with Gasteiger partial charge in [-0.15, -0.1) is 0 Å². The molecule has 178 valence electrons. The van der Waals surface area contributed by atoms with Gasteiger partial charge >= 0.3 is 6.09 Å². The maximum atomic E-state index is 11.5. The van der Waals surface area contributed by atoms with Crippen LogP contribution in [0.1, 0.15) is 92.4 Å². The van der Waals surface area contributed by atoms with Crippen molar-refractivity contribution in [1.82, 2.24) is 21.3 Å². The number of nitrogens with one attached hydrogen (secondary N) is 4. The van der Waals surface area contributed by atoms with Gasteiger partial charge in [-0.1, -0.05) is 20.3 Å². The van der Waals surface area contributed by atoms with E-state index in [1.807, 2.05) is 6.92 Å². The topological polar surface area (TPSA) is 91.5 Å². The fourth-order valence-corrected chi connectivity index (χ4v) is 3.36. The van der Waals surface area contributed by atoms with Crippen LogP contribution in [0.25, 0.3) is 0 Å². The van der Waals surface area contributed by atoms with Crippen LogP contribution < -0.4 is 21.3 Å². The monoisotopic (exact) mass is 428 g/mol. The van der Waals surface area contributed by atoms with Crippen LogP contribution in [0.3, 0.4) is 0 Å². The Labute approximate surface area is 184 Å². The van der Waals surface area contributed by atoms with Crippen molar-refractivity contribution in [2.75, 3.05) is 33.3 Å². The molecule has 0 aliphatic heterocycles. The summed E-state index contributed by atoms with van der Waals surface area (Å²) in [5.74, 6) is 0.166. The van der Waals surface area contributed by atoms with E-state index in [0.29, 0.717) is 13.0 Å². The van der Waals surface area contributed by atoms with E-state index in [0.717, 1.165) is 64.6 Å². The lowest BCUT2D eigenvalue weighted by Gasteiger charge is -2.31. The molecule has 2 amide bonds. The van der Waals surface area contributed by atoms with Crippen LogP contribution in [0.5, 0.6) is 0 Å². The molecular weight excluding hydrogens is 380 g/mol. The quantitative estimate of drug-likeness (QED) is 0.250. The lowest BCUT2D eigenvalue weighted by Crippen LogP contribution is -2.43. The zero-order valence-electron chi connectivity index (χ0n) is 20.4. The van der Waals surface area contributed by atoms with Crippen molar-refractivity contribution in [1.29, 1.82) is 0 Å². The minimum absolute atomic E-state index is 0.0933. The summed E-state index contributed by atoms with van der Waals surface area (Å²) in [4.78, 5) is 22.6. The predicted octanol–water partition coefficient (Wildman–Crippen LogP) is 3.73. The van der Waals surface area contributed by atoms with Gasteiger partial charge in [-0.05, 0) is 78.8 Å². The molecule has 0 saturated carbocycles. The summed E-state index contributed by atoms with van der Waals surface area (Å²) in [5, 5.41) is 13.0. The summed E-state index contributed by atoms with van der Waals surface area (Å²) >= 11 is 0. The van der Waals surface area contributed by atoms with Gasteiger partial charge in [0.1, 0.15) is 0 Å². The molecule has 0 aliphatic carbocycles. The second-order valence-electron chi connectivity index (χ2n) is 9.08. The minimum Gasteiger partial charge on any atom is -0.453 e. The summed E-state index contributed by atoms with van der Waals surface area (Å²) in [5.41, 5.74) is 0.228. The Bertz CT molecular complexity index is 471. The number of amides is 2. The average molecular weight is 429 g/mol. The van der Waals surface area contributed by atoms with Crippen LogP contribution in [0.4, 0.5) is 4.79 Å². The van der Waals surface area contributed by atoms with Gasteiger partial charge in [-0.3, -0.25) is 4.79 Å². The highest BCUT2D eigenvalue weighted by Crippen LogP contribution is 2.17. The first-order valence-electron chi connectivity index (χ1n) is 11.8. The fourth-order valence-electron chi connectivity index (χ4n) is 3.36. The maximum absolute atomic E-state index is 11.5. The molecule has 0 aromatic heterocycles. The van der Waals surface area contributed by atoms with Crippen molar-refractivity contribution >= 4 is 12.0 Å². The summed E-state index contributed by atoms with van der Waals surface area (Å²) in [6, 6.07) is 0. The second-order valence-corrected chi connectivity index (χ2v) is 9.08. The molecule has 0 saturated heterocycles. The Morgan fingerprint density at radius 3 is 2.10 bits per heavy atom. The van der Waals surface area contributed by atoms with E-state index in [9.17, 15) is 9.59 Å². The van der Waals surface area contributed by atoms with E-state index in [1.165, 1.54) is 13.5 Å². The second kappa shape index (κ2) is 16.4. The van der Waals surface area contributed by atoms with Gasteiger partial charge in [0.25, 0.3) is 0 Å². The SMILES string of the molecule is CCCC(=O)NCCCC(C)(CC)NCCCCC(C)(C)NCCCNC(=O)OC. The highest BCUT2D eigenvalue weighted by atomic mass is 16.5. The van der Waals surface area contributed by atoms with Crippen molar-refractivity contribution in [2.24, 2.45) is 0 Å². The molecule has 0 spiro atoms. The number of rotatable bonds is 18. The smallest absolute Gasteiger partial charge is 0.406 e. The first kappa shape index (κ1) is 28.7. The predicted molar refractivity (Wildman–Crippen MR) is 125 cm³/mol. The van der Waals surface area contributed by atoms with Gasteiger partial charge in [-0.25, -0.2) is 4.79 Å². The number of hydrogen-bond acceptors (Lipinski definition) is 5. The van der Waals surface area contributed by atoms with Gasteiger partial charge in [0.2, 0.25) is 5.91 Å². The maximum Gasteiger partial charge on any atom is 0.406 e. The van der Waals surface area contributed by atoms with Crippen LogP contribution in [-0.4, -0.2) is 56.4 Å². The van der Waals surface area contributed by atoms with Crippen LogP contribution in [-0.2, 0) is 9.53 Å². The Balaban J connectivity index is 3.89. The third kappa shape index (κ3) is 15.5. The van der Waals surface area contributed by atoms with Crippen molar-refractivity contribution in [2.45, 2.75) is 103 Å². The molecule has 0 aromatic carbocycles. The van der Waals surface area contributed by atoms with Crippen LogP contribution in [0.15, 0.2) is 0 Å². The number of ether oxygens (including phenoxy) is 1. The Morgan fingerprint density at radius 2 is 1.47 bits per heavy atom. The molecule has 7 heteroatoms. The number of hydrogen-bond donors (Lipinski definition) is 4. The van der Waals surface area contributed by atoms with E-state index >= 15 is 0 Å². The Hall–Kier alpha value is -1.34. The highest BCUT2D eigenvalue weighted by molar-refractivity contribution is 5.75. The molecule has 0 bridgehead atoms. The first-order valence-corrected chi connectivity index (χ1v) is 11.8. The first-order chi connectivity index (χ1) is 14.2. The summed E-state index contributed by atoms with van der Waals surface area (Å²) in [6.45, 7) is 14.3. The molecule has 7 nitrogen and oxygen atoms in total. The summed E-state index contributed by atoms with van der Waals surface area (Å²) < 4.78 is 4.56. The van der Waals surface area contributed by atoms with E-state index < -0.39 is 0 Å². The third-order valence-corrected chi connectivity index (χ3v) is 5.68. The third-order valence-electron chi connectivity index (χ3n) is 5.68. The van der Waals surface area contributed by atoms with Gasteiger partial charge in [-0.2, -0.15) is 0 Å². The molecule has 4 N–H and O–H groups in total. The van der Waals surface area contributed by atoms with Gasteiger partial charge < -0.3 is 26.0 Å². The average Bonchev–Trinajstić information content (AvgIpc) is 2.70. The molecule has 30 heavy (non-hydrogen) atoms. The molecule has 0 radical (unpaired) electrons. The molecule has 0 aliphatic rings.